The first kappa shape index (κ1) is 9.85. The van der Waals surface area contributed by atoms with Crippen LogP contribution in [-0.4, -0.2) is 47.3 Å². The molecule has 0 radical (unpaired) electrons. The van der Waals surface area contributed by atoms with Gasteiger partial charge >= 0.3 is 0 Å². The molecule has 1 atom stereocenters. The van der Waals surface area contributed by atoms with Gasteiger partial charge in [0.15, 0.2) is 0 Å². The van der Waals surface area contributed by atoms with Crippen LogP contribution in [0.5, 0.6) is 0 Å². The highest BCUT2D eigenvalue weighted by Crippen LogP contribution is 2.09. The molecule has 0 aromatic rings. The minimum atomic E-state index is -0.460. The quantitative estimate of drug-likeness (QED) is 0.689. The van der Waals surface area contributed by atoms with Crippen LogP contribution >= 0.6 is 11.8 Å². The number of aliphatic hydroxyl groups is 1. The average molecular weight is 186 g/mol. The molecule has 0 saturated carbocycles. The maximum atomic E-state index is 9.33. The van der Waals surface area contributed by atoms with Crippen molar-refractivity contribution in [2.45, 2.75) is 12.5 Å². The third-order valence-electron chi connectivity index (χ3n) is 1.90. The summed E-state index contributed by atoms with van der Waals surface area (Å²) >= 11 is 1.95. The van der Waals surface area contributed by atoms with Crippen LogP contribution in [0, 0.1) is 11.3 Å². The summed E-state index contributed by atoms with van der Waals surface area (Å²) in [5.74, 6) is 2.30. The van der Waals surface area contributed by atoms with E-state index in [-0.39, 0.29) is 6.42 Å². The van der Waals surface area contributed by atoms with E-state index in [2.05, 4.69) is 4.90 Å². The topological polar surface area (TPSA) is 47.3 Å². The number of hydrogen-bond acceptors (Lipinski definition) is 4. The highest BCUT2D eigenvalue weighted by atomic mass is 32.2. The molecule has 1 aliphatic heterocycles. The molecule has 0 spiro atoms. The Morgan fingerprint density at radius 2 is 2.17 bits per heavy atom. The average Bonchev–Trinajstić information content (AvgIpc) is 2.06. The fraction of sp³-hybridized carbons (Fsp3) is 0.875. The van der Waals surface area contributed by atoms with E-state index in [4.69, 9.17) is 5.26 Å². The minimum absolute atomic E-state index is 0.254. The summed E-state index contributed by atoms with van der Waals surface area (Å²) in [5.41, 5.74) is 0. The van der Waals surface area contributed by atoms with Gasteiger partial charge in [-0.1, -0.05) is 0 Å². The van der Waals surface area contributed by atoms with Crippen LogP contribution in [-0.2, 0) is 0 Å². The molecule has 12 heavy (non-hydrogen) atoms. The van der Waals surface area contributed by atoms with E-state index in [1.807, 2.05) is 17.8 Å². The van der Waals surface area contributed by atoms with Crippen molar-refractivity contribution >= 4 is 11.8 Å². The van der Waals surface area contributed by atoms with Gasteiger partial charge in [0.2, 0.25) is 0 Å². The Balaban J connectivity index is 2.16. The Morgan fingerprint density at radius 3 is 2.75 bits per heavy atom. The van der Waals surface area contributed by atoms with Crippen molar-refractivity contribution in [3.8, 4) is 6.07 Å². The lowest BCUT2D eigenvalue weighted by Gasteiger charge is -2.27. The third kappa shape index (κ3) is 3.44. The second-order valence-electron chi connectivity index (χ2n) is 2.93. The summed E-state index contributed by atoms with van der Waals surface area (Å²) in [6.07, 6.45) is -0.206. The van der Waals surface area contributed by atoms with Gasteiger partial charge in [-0.3, -0.25) is 4.90 Å². The molecule has 1 N–H and O–H groups in total. The second-order valence-corrected chi connectivity index (χ2v) is 4.15. The van der Waals surface area contributed by atoms with Gasteiger partial charge in [0.05, 0.1) is 18.6 Å². The largest absolute Gasteiger partial charge is 0.391 e. The molecule has 4 heteroatoms. The van der Waals surface area contributed by atoms with E-state index in [1.165, 1.54) is 0 Å². The van der Waals surface area contributed by atoms with Crippen LogP contribution < -0.4 is 0 Å². The molecule has 3 nitrogen and oxygen atoms in total. The van der Waals surface area contributed by atoms with Crippen LogP contribution in [0.4, 0.5) is 0 Å². The summed E-state index contributed by atoms with van der Waals surface area (Å²) in [6.45, 7) is 2.76. The Bertz CT molecular complexity index is 163. The highest BCUT2D eigenvalue weighted by Gasteiger charge is 2.13. The van der Waals surface area contributed by atoms with Crippen LogP contribution in [0.1, 0.15) is 6.42 Å². The van der Waals surface area contributed by atoms with E-state index in [0.717, 1.165) is 24.6 Å². The Hall–Kier alpha value is -0.240. The molecule has 1 heterocycles. The highest BCUT2D eigenvalue weighted by molar-refractivity contribution is 7.99. The molecule has 68 valence electrons. The monoisotopic (exact) mass is 186 g/mol. The first-order valence-electron chi connectivity index (χ1n) is 4.18. The fourth-order valence-corrected chi connectivity index (χ4v) is 2.23. The first-order chi connectivity index (χ1) is 5.83. The van der Waals surface area contributed by atoms with Crippen molar-refractivity contribution in [2.75, 3.05) is 31.1 Å². The third-order valence-corrected chi connectivity index (χ3v) is 2.84. The van der Waals surface area contributed by atoms with Gasteiger partial charge in [0.1, 0.15) is 0 Å². The normalized spacial score (nSPS) is 21.7. The zero-order valence-electron chi connectivity index (χ0n) is 7.07. The Labute approximate surface area is 77.4 Å². The van der Waals surface area contributed by atoms with Gasteiger partial charge in [0.25, 0.3) is 0 Å². The molecule has 0 aliphatic carbocycles. The number of hydrogen-bond donors (Lipinski definition) is 1. The lowest BCUT2D eigenvalue weighted by molar-refractivity contribution is 0.121. The maximum Gasteiger partial charge on any atom is 0.0796 e. The molecule has 0 unspecified atom stereocenters. The van der Waals surface area contributed by atoms with E-state index in [9.17, 15) is 5.11 Å². The summed E-state index contributed by atoms with van der Waals surface area (Å²) in [7, 11) is 0. The SMILES string of the molecule is N#CC[C@@H](O)CN1CCSCC1. The van der Waals surface area contributed by atoms with Crippen LogP contribution in [0.25, 0.3) is 0 Å². The lowest BCUT2D eigenvalue weighted by atomic mass is 10.2. The van der Waals surface area contributed by atoms with Crippen LogP contribution in [0.2, 0.25) is 0 Å². The zero-order chi connectivity index (χ0) is 8.81. The lowest BCUT2D eigenvalue weighted by Crippen LogP contribution is -2.38. The van der Waals surface area contributed by atoms with E-state index in [1.54, 1.807) is 0 Å². The van der Waals surface area contributed by atoms with Gasteiger partial charge < -0.3 is 5.11 Å². The first-order valence-corrected chi connectivity index (χ1v) is 5.33. The number of nitriles is 1. The fourth-order valence-electron chi connectivity index (χ4n) is 1.25. The number of β-amino-alcohol motifs (C(OH)–C–C–N with tert-alkyl or cyclic N) is 1. The predicted molar refractivity (Wildman–Crippen MR) is 50.0 cm³/mol. The Kier molecular flexibility index (Phi) is 4.44. The van der Waals surface area contributed by atoms with Gasteiger partial charge in [-0.15, -0.1) is 0 Å². The zero-order valence-corrected chi connectivity index (χ0v) is 7.89. The number of nitrogens with zero attached hydrogens (tertiary/aromatic N) is 2. The Morgan fingerprint density at radius 1 is 1.50 bits per heavy atom. The molecule has 1 rings (SSSR count). The summed E-state index contributed by atoms with van der Waals surface area (Å²) in [6, 6.07) is 1.98. The van der Waals surface area contributed by atoms with Crippen molar-refractivity contribution in [3.05, 3.63) is 0 Å². The molecule has 0 amide bonds. The van der Waals surface area contributed by atoms with Crippen molar-refractivity contribution < 1.29 is 5.11 Å². The van der Waals surface area contributed by atoms with E-state index >= 15 is 0 Å². The van der Waals surface area contributed by atoms with Gasteiger partial charge in [-0.25, -0.2) is 0 Å². The van der Waals surface area contributed by atoms with Crippen molar-refractivity contribution in [2.24, 2.45) is 0 Å². The number of aliphatic hydroxyl groups excluding tert-OH is 1. The van der Waals surface area contributed by atoms with Crippen LogP contribution in [0.15, 0.2) is 0 Å². The van der Waals surface area contributed by atoms with Crippen molar-refractivity contribution in [1.29, 1.82) is 5.26 Å². The molecule has 1 aliphatic rings. The molecule has 0 aromatic heterocycles. The predicted octanol–water partition coefficient (Wildman–Crippen LogP) is 0.310. The smallest absolute Gasteiger partial charge is 0.0796 e. The standard InChI is InChI=1S/C8H14N2OS/c9-2-1-8(11)7-10-3-5-12-6-4-10/h8,11H,1,3-7H2/t8-/m1/s1. The minimum Gasteiger partial charge on any atom is -0.391 e. The number of thioether (sulfide) groups is 1. The summed E-state index contributed by atoms with van der Waals surface area (Å²) < 4.78 is 0. The molecule has 1 saturated heterocycles. The van der Waals surface area contributed by atoms with Gasteiger partial charge in [-0.2, -0.15) is 17.0 Å². The molecule has 1 fully saturated rings. The molecular formula is C8H14N2OS. The molecule has 0 aromatic carbocycles. The second kappa shape index (κ2) is 5.41. The van der Waals surface area contributed by atoms with Crippen molar-refractivity contribution in [1.82, 2.24) is 4.90 Å². The summed E-state index contributed by atoms with van der Waals surface area (Å²) in [4.78, 5) is 2.22. The van der Waals surface area contributed by atoms with E-state index in [0.29, 0.717) is 6.54 Å². The molecule has 0 bridgehead atoms. The van der Waals surface area contributed by atoms with Crippen LogP contribution in [0.3, 0.4) is 0 Å². The maximum absolute atomic E-state index is 9.33. The van der Waals surface area contributed by atoms with E-state index < -0.39 is 6.10 Å². The molecular weight excluding hydrogens is 172 g/mol. The van der Waals surface area contributed by atoms with Crippen molar-refractivity contribution in [3.63, 3.8) is 0 Å². The van der Waals surface area contributed by atoms with Gasteiger partial charge in [0, 0.05) is 31.1 Å². The van der Waals surface area contributed by atoms with Gasteiger partial charge in [-0.05, 0) is 0 Å². The summed E-state index contributed by atoms with van der Waals surface area (Å²) in [5, 5.41) is 17.7. The number of rotatable bonds is 3.